The van der Waals surface area contributed by atoms with Crippen LogP contribution in [0, 0.1) is 0 Å². The molecule has 316 valence electrons. The van der Waals surface area contributed by atoms with Crippen LogP contribution in [0.5, 0.6) is 0 Å². The molecule has 0 saturated carbocycles. The highest BCUT2D eigenvalue weighted by Gasteiger charge is 2.54. The molecule has 0 bridgehead atoms. The van der Waals surface area contributed by atoms with Gasteiger partial charge in [-0.2, -0.15) is 0 Å². The summed E-state index contributed by atoms with van der Waals surface area (Å²) in [5.41, 5.74) is 0. The Balaban J connectivity index is 2.09. The molecule has 2 saturated heterocycles. The molecule has 0 aliphatic carbocycles. The van der Waals surface area contributed by atoms with E-state index >= 15 is 0 Å². The smallest absolute Gasteiger partial charge is 0.474 e. The molecular weight excluding hydrogens is 735 g/mol. The van der Waals surface area contributed by atoms with Gasteiger partial charge in [-0.25, -0.2) is 9.36 Å². The van der Waals surface area contributed by atoms with Crippen molar-refractivity contribution in [3.8, 4) is 0 Å². The molecule has 2 fully saturated rings. The summed E-state index contributed by atoms with van der Waals surface area (Å²) in [5, 5.41) is 55.8. The maximum absolute atomic E-state index is 13.1. The quantitative estimate of drug-likeness (QED) is 0.0436. The van der Waals surface area contributed by atoms with E-state index in [9.17, 15) is 49.4 Å². The molecule has 54 heavy (non-hydrogen) atoms. The van der Waals surface area contributed by atoms with Gasteiger partial charge in [-0.15, -0.1) is 0 Å². The summed E-state index contributed by atoms with van der Waals surface area (Å²) in [7, 11) is -4.88. The Kier molecular flexibility index (Phi) is 22.8. The molecule has 2 aliphatic rings. The van der Waals surface area contributed by atoms with Crippen LogP contribution in [0.25, 0.3) is 0 Å². The SMILES string of the molecule is CCCCCCCCCCCCCCCCOP(=O)(O)O[C@H]1O[C@H](CO)[C@@H](O[C@@H]2O[C@H](CO)[C@@H](O)[C@H](O)[C@H]2NC(C)=O)[C@H](O[C@H](C)C(=O)O)[C@H]1NC(C)=O. The molecular formula is C35H65N2O16P. The van der Waals surface area contributed by atoms with Gasteiger partial charge < -0.3 is 60.0 Å². The van der Waals surface area contributed by atoms with Crippen molar-refractivity contribution in [2.45, 2.75) is 185 Å². The van der Waals surface area contributed by atoms with E-state index in [0.717, 1.165) is 39.5 Å². The van der Waals surface area contributed by atoms with Gasteiger partial charge in [0.15, 0.2) is 18.7 Å². The van der Waals surface area contributed by atoms with Gasteiger partial charge in [-0.05, 0) is 13.3 Å². The van der Waals surface area contributed by atoms with E-state index < -0.39 is 106 Å². The van der Waals surface area contributed by atoms with E-state index in [1.54, 1.807) is 0 Å². The average molecular weight is 801 g/mol. The molecule has 2 heterocycles. The Morgan fingerprint density at radius 2 is 1.20 bits per heavy atom. The second-order valence-electron chi connectivity index (χ2n) is 14.1. The second kappa shape index (κ2) is 25.5. The minimum absolute atomic E-state index is 0.127. The predicted molar refractivity (Wildman–Crippen MR) is 193 cm³/mol. The number of carbonyl (C=O) groups excluding carboxylic acids is 2. The number of unbranched alkanes of at least 4 members (excludes halogenated alkanes) is 13. The number of hydrogen-bond donors (Lipinski definition) is 8. The van der Waals surface area contributed by atoms with E-state index in [1.165, 1.54) is 64.7 Å². The highest BCUT2D eigenvalue weighted by molar-refractivity contribution is 7.47. The topological polar surface area (TPSA) is 269 Å². The zero-order valence-corrected chi connectivity index (χ0v) is 33.0. The van der Waals surface area contributed by atoms with E-state index in [2.05, 4.69) is 17.6 Å². The van der Waals surface area contributed by atoms with Crippen molar-refractivity contribution in [2.24, 2.45) is 0 Å². The maximum Gasteiger partial charge on any atom is 0.474 e. The van der Waals surface area contributed by atoms with Gasteiger partial charge in [0.25, 0.3) is 0 Å². The van der Waals surface area contributed by atoms with E-state index in [1.807, 2.05) is 0 Å². The molecule has 12 atom stereocenters. The summed E-state index contributed by atoms with van der Waals surface area (Å²) in [6, 6.07) is -3.01. The lowest BCUT2D eigenvalue weighted by molar-refractivity contribution is -0.331. The number of phosphoric acid groups is 1. The Morgan fingerprint density at radius 1 is 0.722 bits per heavy atom. The van der Waals surface area contributed by atoms with Crippen LogP contribution in [0.3, 0.4) is 0 Å². The first-order chi connectivity index (χ1) is 25.6. The number of amides is 2. The number of aliphatic hydroxyl groups excluding tert-OH is 4. The van der Waals surface area contributed by atoms with Gasteiger partial charge in [0.1, 0.15) is 48.7 Å². The zero-order valence-electron chi connectivity index (χ0n) is 32.1. The summed E-state index contributed by atoms with van der Waals surface area (Å²) in [6.07, 6.45) is 1.17. The second-order valence-corrected chi connectivity index (χ2v) is 15.5. The van der Waals surface area contributed by atoms with Crippen LogP contribution >= 0.6 is 7.82 Å². The number of nitrogens with one attached hydrogen (secondary N) is 2. The highest BCUT2D eigenvalue weighted by atomic mass is 31.2. The lowest BCUT2D eigenvalue weighted by Gasteiger charge is -2.49. The summed E-state index contributed by atoms with van der Waals surface area (Å²) < 4.78 is 46.9. The minimum atomic E-state index is -4.88. The molecule has 0 aromatic heterocycles. The molecule has 2 aliphatic heterocycles. The Bertz CT molecular complexity index is 1150. The number of aliphatic hydroxyl groups is 4. The molecule has 2 rings (SSSR count). The zero-order chi connectivity index (χ0) is 40.3. The third kappa shape index (κ3) is 16.7. The normalized spacial score (nSPS) is 30.3. The number of ether oxygens (including phenoxy) is 4. The van der Waals surface area contributed by atoms with Gasteiger partial charge in [0, 0.05) is 13.8 Å². The van der Waals surface area contributed by atoms with Crippen LogP contribution in [0.4, 0.5) is 0 Å². The molecule has 0 aromatic rings. The van der Waals surface area contributed by atoms with Crippen LogP contribution in [0.1, 0.15) is 118 Å². The Morgan fingerprint density at radius 3 is 1.69 bits per heavy atom. The summed E-state index contributed by atoms with van der Waals surface area (Å²) in [6.45, 7) is 3.83. The largest absolute Gasteiger partial charge is 0.479 e. The summed E-state index contributed by atoms with van der Waals surface area (Å²) in [5.74, 6) is -2.81. The lowest BCUT2D eigenvalue weighted by atomic mass is 9.94. The van der Waals surface area contributed by atoms with Crippen LogP contribution in [-0.4, -0.2) is 135 Å². The van der Waals surface area contributed by atoms with E-state index in [-0.39, 0.29) is 6.61 Å². The first-order valence-corrected chi connectivity index (χ1v) is 20.8. The summed E-state index contributed by atoms with van der Waals surface area (Å²) in [4.78, 5) is 46.9. The van der Waals surface area contributed by atoms with E-state index in [0.29, 0.717) is 6.42 Å². The first-order valence-electron chi connectivity index (χ1n) is 19.3. The lowest BCUT2D eigenvalue weighted by Crippen LogP contribution is -2.70. The average Bonchev–Trinajstić information content (AvgIpc) is 3.11. The van der Waals surface area contributed by atoms with Crippen molar-refractivity contribution in [2.75, 3.05) is 19.8 Å². The van der Waals surface area contributed by atoms with Crippen molar-refractivity contribution < 1.29 is 77.4 Å². The van der Waals surface area contributed by atoms with Crippen LogP contribution in [0.2, 0.25) is 0 Å². The molecule has 0 spiro atoms. The molecule has 0 radical (unpaired) electrons. The number of carbonyl (C=O) groups is 3. The monoisotopic (exact) mass is 800 g/mol. The fourth-order valence-corrected chi connectivity index (χ4v) is 7.39. The predicted octanol–water partition coefficient (Wildman–Crippen LogP) is 2.01. The van der Waals surface area contributed by atoms with Gasteiger partial charge in [-0.1, -0.05) is 90.4 Å². The van der Waals surface area contributed by atoms with Gasteiger partial charge in [0.05, 0.1) is 19.8 Å². The summed E-state index contributed by atoms with van der Waals surface area (Å²) >= 11 is 0. The Hall–Kier alpha value is -1.80. The number of carboxylic acids is 1. The third-order valence-electron chi connectivity index (χ3n) is 9.44. The molecule has 0 aromatic carbocycles. The standard InChI is InChI=1S/C35H65N2O16P/c1-5-6-7-8-9-10-11-12-13-14-15-16-17-18-19-48-54(46,47)53-35-28(37-24(4)41)32(49-22(2)33(44)45)31(26(21-39)51-35)52-34-27(36-23(3)40)30(43)29(42)25(20-38)50-34/h22,25-32,34-35,38-39,42-43H,5-21H2,1-4H3,(H,36,40)(H,37,41)(H,44,45)(H,46,47)/t22-,25-,26-,27-,28-,29-,30-,31-,32-,34+,35-/m1/s1. The number of carboxylic acid groups (broad SMARTS) is 1. The number of aliphatic carboxylic acids is 1. The number of rotatable bonds is 27. The van der Waals surface area contributed by atoms with Crippen LogP contribution < -0.4 is 10.6 Å². The number of phosphoric ester groups is 1. The van der Waals surface area contributed by atoms with Crippen molar-refractivity contribution in [3.63, 3.8) is 0 Å². The van der Waals surface area contributed by atoms with Crippen molar-refractivity contribution >= 4 is 25.6 Å². The van der Waals surface area contributed by atoms with Crippen LogP contribution in [-0.2, 0) is 46.9 Å². The van der Waals surface area contributed by atoms with Crippen LogP contribution in [0.15, 0.2) is 0 Å². The molecule has 2 amide bonds. The first kappa shape index (κ1) is 48.3. The molecule has 18 nitrogen and oxygen atoms in total. The van der Waals surface area contributed by atoms with E-state index in [4.69, 9.17) is 28.0 Å². The molecule has 8 N–H and O–H groups in total. The maximum atomic E-state index is 13.1. The van der Waals surface area contributed by atoms with Gasteiger partial charge >= 0.3 is 13.8 Å². The number of hydrogen-bond acceptors (Lipinski definition) is 14. The van der Waals surface area contributed by atoms with Gasteiger partial charge in [-0.3, -0.25) is 18.6 Å². The highest BCUT2D eigenvalue weighted by Crippen LogP contribution is 2.47. The third-order valence-corrected chi connectivity index (χ3v) is 10.4. The molecule has 19 heteroatoms. The Labute approximate surface area is 318 Å². The fourth-order valence-electron chi connectivity index (χ4n) is 6.53. The van der Waals surface area contributed by atoms with Crippen molar-refractivity contribution in [1.29, 1.82) is 0 Å². The fraction of sp³-hybridized carbons (Fsp3) is 0.914. The van der Waals surface area contributed by atoms with Crippen molar-refractivity contribution in [1.82, 2.24) is 10.6 Å². The van der Waals surface area contributed by atoms with Gasteiger partial charge in [0.2, 0.25) is 11.8 Å². The molecule has 1 unspecified atom stereocenters. The minimum Gasteiger partial charge on any atom is -0.479 e. The van der Waals surface area contributed by atoms with Crippen molar-refractivity contribution in [3.05, 3.63) is 0 Å².